The molecule has 0 atom stereocenters. The summed E-state index contributed by atoms with van der Waals surface area (Å²) in [5, 5.41) is 3.33. The number of hydrogen-bond acceptors (Lipinski definition) is 5. The van der Waals surface area contributed by atoms with Crippen molar-refractivity contribution >= 4 is 28.3 Å². The third-order valence-electron chi connectivity index (χ3n) is 3.73. The molecule has 6 nitrogen and oxygen atoms in total. The Hall–Kier alpha value is -2.41. The van der Waals surface area contributed by atoms with Gasteiger partial charge >= 0.3 is 0 Å². The highest BCUT2D eigenvalue weighted by Gasteiger charge is 2.21. The van der Waals surface area contributed by atoms with Crippen molar-refractivity contribution in [1.82, 2.24) is 9.88 Å². The Morgan fingerprint density at radius 2 is 2.00 bits per heavy atom. The van der Waals surface area contributed by atoms with Crippen LogP contribution >= 0.6 is 11.3 Å². The number of hydrogen-bond donors (Lipinski definition) is 1. The molecule has 0 aliphatic heterocycles. The maximum atomic E-state index is 12.8. The molecule has 134 valence electrons. The fraction of sp³-hybridized carbons (Fsp3) is 0.389. The lowest BCUT2D eigenvalue weighted by molar-refractivity contribution is -0.116. The Bertz CT molecular complexity index is 738. The number of thiazole rings is 1. The third kappa shape index (κ3) is 4.79. The van der Waals surface area contributed by atoms with Crippen LogP contribution in [0.5, 0.6) is 5.75 Å². The molecular weight excluding hydrogens is 338 g/mol. The Morgan fingerprint density at radius 3 is 2.60 bits per heavy atom. The number of nitrogens with one attached hydrogen (secondary N) is 1. The molecule has 2 aromatic rings. The smallest absolute Gasteiger partial charge is 0.258 e. The molecule has 0 aliphatic carbocycles. The number of amides is 2. The summed E-state index contributed by atoms with van der Waals surface area (Å²) in [6, 6.07) is 7.02. The lowest BCUT2D eigenvalue weighted by Gasteiger charge is -2.22. The molecule has 25 heavy (non-hydrogen) atoms. The van der Waals surface area contributed by atoms with Crippen LogP contribution in [0.15, 0.2) is 24.3 Å². The van der Waals surface area contributed by atoms with Crippen LogP contribution in [0.4, 0.5) is 5.13 Å². The SMILES string of the molecule is CCCN(CC(=O)Nc1nc(C)c(C)s1)C(=O)c1ccccc1OC. The third-order valence-corrected chi connectivity index (χ3v) is 4.72. The van der Waals surface area contributed by atoms with Crippen LogP contribution in [0.3, 0.4) is 0 Å². The molecule has 7 heteroatoms. The summed E-state index contributed by atoms with van der Waals surface area (Å²) in [4.78, 5) is 32.0. The fourth-order valence-electron chi connectivity index (χ4n) is 2.37. The summed E-state index contributed by atoms with van der Waals surface area (Å²) >= 11 is 1.43. The van der Waals surface area contributed by atoms with Crippen molar-refractivity contribution in [2.45, 2.75) is 27.2 Å². The van der Waals surface area contributed by atoms with Crippen LogP contribution in [0.25, 0.3) is 0 Å². The first-order valence-corrected chi connectivity index (χ1v) is 8.94. The largest absolute Gasteiger partial charge is 0.496 e. The zero-order valence-electron chi connectivity index (χ0n) is 15.0. The van der Waals surface area contributed by atoms with E-state index in [1.165, 1.54) is 23.3 Å². The van der Waals surface area contributed by atoms with Crippen molar-refractivity contribution in [2.24, 2.45) is 0 Å². The quantitative estimate of drug-likeness (QED) is 0.822. The van der Waals surface area contributed by atoms with E-state index in [1.807, 2.05) is 20.8 Å². The second-order valence-electron chi connectivity index (χ2n) is 5.64. The minimum Gasteiger partial charge on any atom is -0.496 e. The van der Waals surface area contributed by atoms with Gasteiger partial charge in [0.2, 0.25) is 5.91 Å². The summed E-state index contributed by atoms with van der Waals surface area (Å²) in [6.07, 6.45) is 0.754. The van der Waals surface area contributed by atoms with Gasteiger partial charge in [-0.15, -0.1) is 11.3 Å². The van der Waals surface area contributed by atoms with Gasteiger partial charge in [0.25, 0.3) is 5.91 Å². The molecule has 0 bridgehead atoms. The van der Waals surface area contributed by atoms with E-state index in [4.69, 9.17) is 4.74 Å². The van der Waals surface area contributed by atoms with Crippen LogP contribution in [-0.4, -0.2) is 41.9 Å². The van der Waals surface area contributed by atoms with E-state index in [0.29, 0.717) is 23.0 Å². The number of aryl methyl sites for hydroxylation is 2. The first kappa shape index (κ1) is 18.9. The van der Waals surface area contributed by atoms with Gasteiger partial charge in [0.05, 0.1) is 18.4 Å². The molecular formula is C18H23N3O3S. The number of nitrogens with zero attached hydrogens (tertiary/aromatic N) is 2. The Kier molecular flexibility index (Phi) is 6.52. The number of aromatic nitrogens is 1. The molecule has 1 aromatic heterocycles. The van der Waals surface area contributed by atoms with Gasteiger partial charge in [-0.25, -0.2) is 4.98 Å². The molecule has 2 rings (SSSR count). The summed E-state index contributed by atoms with van der Waals surface area (Å²) < 4.78 is 5.25. The highest BCUT2D eigenvalue weighted by atomic mass is 32.1. The number of benzene rings is 1. The lowest BCUT2D eigenvalue weighted by atomic mass is 10.1. The number of para-hydroxylation sites is 1. The normalized spacial score (nSPS) is 10.4. The highest BCUT2D eigenvalue weighted by molar-refractivity contribution is 7.15. The molecule has 1 N–H and O–H groups in total. The van der Waals surface area contributed by atoms with Crippen molar-refractivity contribution in [3.63, 3.8) is 0 Å². The van der Waals surface area contributed by atoms with Crippen molar-refractivity contribution in [3.05, 3.63) is 40.4 Å². The zero-order valence-corrected chi connectivity index (χ0v) is 15.8. The molecule has 0 unspecified atom stereocenters. The molecule has 0 radical (unpaired) electrons. The van der Waals surface area contributed by atoms with Gasteiger partial charge in [-0.05, 0) is 32.4 Å². The van der Waals surface area contributed by atoms with E-state index in [9.17, 15) is 9.59 Å². The molecule has 0 fully saturated rings. The van der Waals surface area contributed by atoms with Gasteiger partial charge in [0.15, 0.2) is 5.13 Å². The number of carbonyl (C=O) groups is 2. The van der Waals surface area contributed by atoms with Gasteiger partial charge in [0.1, 0.15) is 12.3 Å². The minimum atomic E-state index is -0.259. The predicted molar refractivity (Wildman–Crippen MR) is 99.4 cm³/mol. The van der Waals surface area contributed by atoms with E-state index in [-0.39, 0.29) is 18.4 Å². The van der Waals surface area contributed by atoms with Gasteiger partial charge in [-0.1, -0.05) is 19.1 Å². The van der Waals surface area contributed by atoms with Crippen LogP contribution in [0, 0.1) is 13.8 Å². The summed E-state index contributed by atoms with van der Waals surface area (Å²) in [7, 11) is 1.52. The van der Waals surface area contributed by atoms with Crippen LogP contribution in [0.1, 0.15) is 34.3 Å². The van der Waals surface area contributed by atoms with Gasteiger partial charge in [-0.2, -0.15) is 0 Å². The van der Waals surface area contributed by atoms with E-state index in [0.717, 1.165) is 17.0 Å². The summed E-state index contributed by atoms with van der Waals surface area (Å²) in [5.74, 6) is 0.0200. The van der Waals surface area contributed by atoms with Gasteiger partial charge in [0, 0.05) is 11.4 Å². The second kappa shape index (κ2) is 8.62. The highest BCUT2D eigenvalue weighted by Crippen LogP contribution is 2.22. The van der Waals surface area contributed by atoms with E-state index in [1.54, 1.807) is 24.3 Å². The van der Waals surface area contributed by atoms with Crippen molar-refractivity contribution in [2.75, 3.05) is 25.5 Å². The number of rotatable bonds is 7. The van der Waals surface area contributed by atoms with Crippen LogP contribution < -0.4 is 10.1 Å². The maximum Gasteiger partial charge on any atom is 0.258 e. The molecule has 1 heterocycles. The standard InChI is InChI=1S/C18H23N3O3S/c1-5-10-21(17(23)14-8-6-7-9-15(14)24-4)11-16(22)20-18-19-12(2)13(3)25-18/h6-9H,5,10-11H2,1-4H3,(H,19,20,22). The number of methoxy groups -OCH3 is 1. The molecule has 0 spiro atoms. The van der Waals surface area contributed by atoms with Crippen LogP contribution in [0.2, 0.25) is 0 Å². The Morgan fingerprint density at radius 1 is 1.28 bits per heavy atom. The van der Waals surface area contributed by atoms with Crippen molar-refractivity contribution in [3.8, 4) is 5.75 Å². The molecule has 0 aliphatic rings. The average molecular weight is 361 g/mol. The average Bonchev–Trinajstić information content (AvgIpc) is 2.91. The van der Waals surface area contributed by atoms with E-state index in [2.05, 4.69) is 10.3 Å². The number of carbonyl (C=O) groups excluding carboxylic acids is 2. The molecule has 1 aromatic carbocycles. The Balaban J connectivity index is 2.11. The second-order valence-corrected chi connectivity index (χ2v) is 6.84. The number of anilines is 1. The predicted octanol–water partition coefficient (Wildman–Crippen LogP) is 3.26. The van der Waals surface area contributed by atoms with Gasteiger partial charge in [-0.3, -0.25) is 9.59 Å². The summed E-state index contributed by atoms with van der Waals surface area (Å²) in [6.45, 7) is 6.28. The fourth-order valence-corrected chi connectivity index (χ4v) is 3.20. The van der Waals surface area contributed by atoms with E-state index < -0.39 is 0 Å². The van der Waals surface area contributed by atoms with E-state index >= 15 is 0 Å². The topological polar surface area (TPSA) is 71.5 Å². The Labute approximate surface area is 151 Å². The summed E-state index contributed by atoms with van der Waals surface area (Å²) in [5.41, 5.74) is 1.35. The molecule has 2 amide bonds. The molecule has 0 saturated heterocycles. The number of ether oxygens (including phenoxy) is 1. The molecule has 0 saturated carbocycles. The lowest BCUT2D eigenvalue weighted by Crippen LogP contribution is -2.38. The maximum absolute atomic E-state index is 12.8. The minimum absolute atomic E-state index is 0.0254. The zero-order chi connectivity index (χ0) is 18.4. The first-order chi connectivity index (χ1) is 12.0. The first-order valence-electron chi connectivity index (χ1n) is 8.12. The van der Waals surface area contributed by atoms with Gasteiger partial charge < -0.3 is 15.0 Å². The monoisotopic (exact) mass is 361 g/mol. The van der Waals surface area contributed by atoms with Crippen molar-refractivity contribution in [1.29, 1.82) is 0 Å². The van der Waals surface area contributed by atoms with Crippen LogP contribution in [-0.2, 0) is 4.79 Å². The van der Waals surface area contributed by atoms with Crippen molar-refractivity contribution < 1.29 is 14.3 Å².